The van der Waals surface area contributed by atoms with E-state index in [1.54, 1.807) is 6.92 Å². The molecule has 4 nitrogen and oxygen atoms in total. The molecule has 17 heavy (non-hydrogen) atoms. The molecule has 4 heteroatoms. The smallest absolute Gasteiger partial charge is 0.338 e. The van der Waals surface area contributed by atoms with Crippen LogP contribution >= 0.6 is 0 Å². The Morgan fingerprint density at radius 1 is 1.24 bits per heavy atom. The van der Waals surface area contributed by atoms with Crippen molar-refractivity contribution < 1.29 is 19.4 Å². The van der Waals surface area contributed by atoms with Gasteiger partial charge in [-0.2, -0.15) is 0 Å². The van der Waals surface area contributed by atoms with Crippen LogP contribution in [0.2, 0.25) is 0 Å². The summed E-state index contributed by atoms with van der Waals surface area (Å²) in [5, 5.41) is 8.73. The van der Waals surface area contributed by atoms with Crippen LogP contribution in [0.1, 0.15) is 39.0 Å². The predicted molar refractivity (Wildman–Crippen MR) is 63.5 cm³/mol. The predicted octanol–water partition coefficient (Wildman–Crippen LogP) is 2.45. The lowest BCUT2D eigenvalue weighted by Gasteiger charge is -2.18. The van der Waals surface area contributed by atoms with E-state index in [1.807, 2.05) is 0 Å². The van der Waals surface area contributed by atoms with Gasteiger partial charge in [0.1, 0.15) is 0 Å². The summed E-state index contributed by atoms with van der Waals surface area (Å²) in [4.78, 5) is 22.4. The van der Waals surface area contributed by atoms with Crippen molar-refractivity contribution in [3.63, 3.8) is 0 Å². The van der Waals surface area contributed by atoms with Gasteiger partial charge in [-0.05, 0) is 38.2 Å². The van der Waals surface area contributed by atoms with Crippen LogP contribution in [0.15, 0.2) is 22.8 Å². The van der Waals surface area contributed by atoms with E-state index in [0.717, 1.165) is 37.3 Å². The molecule has 0 heterocycles. The van der Waals surface area contributed by atoms with Crippen molar-refractivity contribution >= 4 is 11.9 Å². The summed E-state index contributed by atoms with van der Waals surface area (Å²) in [6, 6.07) is 0. The lowest BCUT2D eigenvalue weighted by Crippen LogP contribution is -2.12. The number of allylic oxidation sites excluding steroid dienone is 1. The van der Waals surface area contributed by atoms with Crippen molar-refractivity contribution in [3.8, 4) is 0 Å². The molecule has 1 aliphatic rings. The van der Waals surface area contributed by atoms with E-state index in [2.05, 4.69) is 0 Å². The van der Waals surface area contributed by atoms with Crippen molar-refractivity contribution in [2.24, 2.45) is 0 Å². The Morgan fingerprint density at radius 2 is 1.82 bits per heavy atom. The van der Waals surface area contributed by atoms with E-state index in [0.29, 0.717) is 11.1 Å². The maximum Gasteiger partial charge on any atom is 0.338 e. The monoisotopic (exact) mass is 238 g/mol. The van der Waals surface area contributed by atoms with Gasteiger partial charge < -0.3 is 9.84 Å². The summed E-state index contributed by atoms with van der Waals surface area (Å²) in [6.45, 7) is 1.64. The Bertz CT molecular complexity index is 369. The van der Waals surface area contributed by atoms with E-state index in [9.17, 15) is 9.59 Å². The summed E-state index contributed by atoms with van der Waals surface area (Å²) in [7, 11) is 1.32. The Labute approximate surface area is 101 Å². The van der Waals surface area contributed by atoms with E-state index < -0.39 is 11.9 Å². The average molecular weight is 238 g/mol. The highest BCUT2D eigenvalue weighted by Crippen LogP contribution is 2.29. The van der Waals surface area contributed by atoms with Gasteiger partial charge in [-0.25, -0.2) is 9.59 Å². The van der Waals surface area contributed by atoms with Crippen LogP contribution in [0.25, 0.3) is 0 Å². The van der Waals surface area contributed by atoms with Gasteiger partial charge in [-0.1, -0.05) is 12.0 Å². The fourth-order valence-electron chi connectivity index (χ4n) is 2.17. The van der Waals surface area contributed by atoms with Crippen LogP contribution < -0.4 is 0 Å². The minimum absolute atomic E-state index is 0.433. The number of hydrogen-bond acceptors (Lipinski definition) is 3. The summed E-state index contributed by atoms with van der Waals surface area (Å²) >= 11 is 0. The summed E-state index contributed by atoms with van der Waals surface area (Å²) in [5.74, 6) is -1.47. The number of ether oxygens (including phenoxy) is 1. The zero-order valence-corrected chi connectivity index (χ0v) is 10.3. The third-order valence-electron chi connectivity index (χ3n) is 2.93. The van der Waals surface area contributed by atoms with Gasteiger partial charge in [0.25, 0.3) is 0 Å². The van der Waals surface area contributed by atoms with Gasteiger partial charge in [0.05, 0.1) is 12.7 Å². The van der Waals surface area contributed by atoms with Crippen LogP contribution in [0.5, 0.6) is 0 Å². The third-order valence-corrected chi connectivity index (χ3v) is 2.93. The van der Waals surface area contributed by atoms with Crippen LogP contribution in [0.3, 0.4) is 0 Å². The number of esters is 1. The molecule has 0 atom stereocenters. The number of carboxylic acids is 1. The minimum Gasteiger partial charge on any atom is -0.478 e. The van der Waals surface area contributed by atoms with Crippen molar-refractivity contribution in [2.45, 2.75) is 39.0 Å². The first kappa shape index (κ1) is 13.5. The molecule has 0 aromatic carbocycles. The van der Waals surface area contributed by atoms with Crippen LogP contribution in [-0.2, 0) is 14.3 Å². The zero-order valence-electron chi connectivity index (χ0n) is 10.3. The molecule has 0 spiro atoms. The standard InChI is InChI=1S/C13H18O4/c1-9(8-11(14)15)12(13(16)17-2)10-6-4-3-5-7-10/h8H,3-7H2,1-2H3,(H,14,15)/b9-8+. The second-order valence-electron chi connectivity index (χ2n) is 4.20. The third kappa shape index (κ3) is 3.73. The van der Waals surface area contributed by atoms with Crippen LogP contribution in [-0.4, -0.2) is 24.2 Å². The van der Waals surface area contributed by atoms with E-state index >= 15 is 0 Å². The minimum atomic E-state index is -1.04. The lowest BCUT2D eigenvalue weighted by molar-refractivity contribution is -0.135. The number of rotatable bonds is 3. The number of carbonyl (C=O) groups is 2. The molecule has 0 amide bonds. The van der Waals surface area contributed by atoms with Gasteiger partial charge in [0.15, 0.2) is 0 Å². The number of hydrogen-bond donors (Lipinski definition) is 1. The van der Waals surface area contributed by atoms with Gasteiger partial charge in [-0.15, -0.1) is 0 Å². The second kappa shape index (κ2) is 6.23. The van der Waals surface area contributed by atoms with E-state index in [1.165, 1.54) is 13.5 Å². The van der Waals surface area contributed by atoms with Crippen LogP contribution in [0.4, 0.5) is 0 Å². The normalized spacial score (nSPS) is 16.6. The molecule has 1 rings (SSSR count). The first-order valence-corrected chi connectivity index (χ1v) is 5.78. The molecule has 94 valence electrons. The molecule has 0 aromatic rings. The van der Waals surface area contributed by atoms with Gasteiger partial charge in [0, 0.05) is 6.08 Å². The molecule has 1 aliphatic carbocycles. The molecule has 0 unspecified atom stereocenters. The van der Waals surface area contributed by atoms with Gasteiger partial charge >= 0.3 is 11.9 Å². The molecule has 1 fully saturated rings. The largest absolute Gasteiger partial charge is 0.478 e. The summed E-state index contributed by atoms with van der Waals surface area (Å²) < 4.78 is 4.74. The fourth-order valence-corrected chi connectivity index (χ4v) is 2.17. The molecule has 0 saturated heterocycles. The lowest BCUT2D eigenvalue weighted by atomic mass is 9.88. The first-order valence-electron chi connectivity index (χ1n) is 5.78. The molecular formula is C13H18O4. The highest BCUT2D eigenvalue weighted by atomic mass is 16.5. The summed E-state index contributed by atoms with van der Waals surface area (Å²) in [6.07, 6.45) is 6.05. The van der Waals surface area contributed by atoms with Crippen LogP contribution in [0, 0.1) is 0 Å². The maximum atomic E-state index is 11.7. The van der Waals surface area contributed by atoms with Crippen molar-refractivity contribution in [2.75, 3.05) is 7.11 Å². The molecular weight excluding hydrogens is 220 g/mol. The van der Waals surface area contributed by atoms with Gasteiger partial charge in [0.2, 0.25) is 0 Å². The highest BCUT2D eigenvalue weighted by Gasteiger charge is 2.20. The maximum absolute atomic E-state index is 11.7. The Balaban J connectivity index is 3.10. The molecule has 1 N–H and O–H groups in total. The quantitative estimate of drug-likeness (QED) is 0.606. The Kier molecular flexibility index (Phi) is 4.94. The molecule has 0 radical (unpaired) electrons. The average Bonchev–Trinajstić information content (AvgIpc) is 2.29. The fraction of sp³-hybridized carbons (Fsp3) is 0.538. The zero-order chi connectivity index (χ0) is 12.8. The van der Waals surface area contributed by atoms with E-state index in [-0.39, 0.29) is 0 Å². The topological polar surface area (TPSA) is 63.6 Å². The Morgan fingerprint density at radius 3 is 2.29 bits per heavy atom. The summed E-state index contributed by atoms with van der Waals surface area (Å²) in [5.41, 5.74) is 1.95. The molecule has 1 saturated carbocycles. The van der Waals surface area contributed by atoms with Gasteiger partial charge in [-0.3, -0.25) is 0 Å². The van der Waals surface area contributed by atoms with Crippen molar-refractivity contribution in [1.82, 2.24) is 0 Å². The Hall–Kier alpha value is -1.58. The first-order chi connectivity index (χ1) is 8.06. The number of methoxy groups -OCH3 is 1. The van der Waals surface area contributed by atoms with E-state index in [4.69, 9.17) is 9.84 Å². The SMILES string of the molecule is COC(=O)C(=C1CCCCC1)/C(C)=C/C(=O)O. The number of carboxylic acid groups (broad SMARTS) is 1. The molecule has 0 aromatic heterocycles. The number of carbonyl (C=O) groups excluding carboxylic acids is 1. The molecule has 0 bridgehead atoms. The van der Waals surface area contributed by atoms with Crippen molar-refractivity contribution in [3.05, 3.63) is 22.8 Å². The number of aliphatic carboxylic acids is 1. The second-order valence-corrected chi connectivity index (χ2v) is 4.20. The highest BCUT2D eigenvalue weighted by molar-refractivity contribution is 5.96. The molecule has 0 aliphatic heterocycles. The van der Waals surface area contributed by atoms with Crippen molar-refractivity contribution in [1.29, 1.82) is 0 Å².